The van der Waals surface area contributed by atoms with Crippen LogP contribution in [0.15, 0.2) is 48.5 Å². The van der Waals surface area contributed by atoms with Crippen LogP contribution in [0, 0.1) is 0 Å². The molecule has 0 aliphatic rings. The molecule has 0 nitrogen and oxygen atoms in total. The Morgan fingerprint density at radius 2 is 1.53 bits per heavy atom. The van der Waals surface area contributed by atoms with Crippen LogP contribution in [0.4, 0.5) is 0 Å². The van der Waals surface area contributed by atoms with Gasteiger partial charge in [-0.25, -0.2) is 0 Å². The van der Waals surface area contributed by atoms with Gasteiger partial charge in [-0.1, -0.05) is 56.7 Å². The predicted octanol–water partition coefficient (Wildman–Crippen LogP) is 5.51. The van der Waals surface area contributed by atoms with Gasteiger partial charge in [0.05, 0.1) is 0 Å². The zero-order valence-corrected chi connectivity index (χ0v) is 11.7. The summed E-state index contributed by atoms with van der Waals surface area (Å²) in [6, 6.07) is 18.1. The Morgan fingerprint density at radius 1 is 0.789 bits per heavy atom. The average Bonchev–Trinajstić information content (AvgIpc) is 2.44. The van der Waals surface area contributed by atoms with Gasteiger partial charge in [0.2, 0.25) is 0 Å². The Bertz CT molecular complexity index is 723. The zero-order valence-electron chi connectivity index (χ0n) is 11.7. The normalized spacial score (nSPS) is 11.3. The van der Waals surface area contributed by atoms with Crippen molar-refractivity contribution in [3.63, 3.8) is 0 Å². The van der Waals surface area contributed by atoms with Crippen LogP contribution in [0.3, 0.4) is 0 Å². The van der Waals surface area contributed by atoms with Crippen LogP contribution < -0.4 is 0 Å². The monoisotopic (exact) mass is 248 g/mol. The maximum atomic E-state index is 2.39. The summed E-state index contributed by atoms with van der Waals surface area (Å²) < 4.78 is 0. The van der Waals surface area contributed by atoms with Crippen LogP contribution in [0.5, 0.6) is 0 Å². The molecule has 0 atom stereocenters. The van der Waals surface area contributed by atoms with Gasteiger partial charge in [-0.2, -0.15) is 0 Å². The minimum Gasteiger partial charge on any atom is -0.0651 e. The first-order chi connectivity index (χ1) is 9.31. The molecule has 0 aliphatic heterocycles. The fourth-order valence-corrected chi connectivity index (χ4v) is 2.92. The molecule has 0 aromatic heterocycles. The number of hydrogen-bond donors (Lipinski definition) is 0. The van der Waals surface area contributed by atoms with E-state index in [0.717, 1.165) is 6.42 Å². The fourth-order valence-electron chi connectivity index (χ4n) is 2.92. The maximum Gasteiger partial charge on any atom is -0.0145 e. The lowest BCUT2D eigenvalue weighted by molar-refractivity contribution is 0.920. The van der Waals surface area contributed by atoms with Crippen LogP contribution in [0.25, 0.3) is 21.5 Å². The second-order valence-electron chi connectivity index (χ2n) is 5.28. The van der Waals surface area contributed by atoms with Gasteiger partial charge in [0.25, 0.3) is 0 Å². The van der Waals surface area contributed by atoms with Crippen LogP contribution in [-0.4, -0.2) is 0 Å². The van der Waals surface area contributed by atoms with E-state index in [1.54, 1.807) is 0 Å². The first-order valence-corrected chi connectivity index (χ1v) is 7.26. The molecule has 0 aliphatic carbocycles. The summed E-state index contributed by atoms with van der Waals surface area (Å²) in [5.41, 5.74) is 2.95. The summed E-state index contributed by atoms with van der Waals surface area (Å²) in [4.78, 5) is 0. The third-order valence-electron chi connectivity index (χ3n) is 3.88. The van der Waals surface area contributed by atoms with E-state index in [9.17, 15) is 0 Å². The number of fused-ring (bicyclic) bond motifs is 2. The lowest BCUT2D eigenvalue weighted by atomic mass is 9.95. The molecule has 0 saturated heterocycles. The summed E-state index contributed by atoms with van der Waals surface area (Å²) in [5.74, 6) is 0. The Labute approximate surface area is 115 Å². The molecule has 0 amide bonds. The highest BCUT2D eigenvalue weighted by Crippen LogP contribution is 2.27. The van der Waals surface area contributed by atoms with Gasteiger partial charge in [-0.15, -0.1) is 0 Å². The Morgan fingerprint density at radius 3 is 2.21 bits per heavy atom. The minimum absolute atomic E-state index is 1.10. The van der Waals surface area contributed by atoms with Crippen LogP contribution in [0.1, 0.15) is 31.4 Å². The molecule has 0 saturated carbocycles. The summed E-state index contributed by atoms with van der Waals surface area (Å²) in [5, 5.41) is 5.49. The molecule has 0 heterocycles. The number of rotatable bonds is 3. The maximum absolute atomic E-state index is 2.39. The van der Waals surface area contributed by atoms with E-state index in [4.69, 9.17) is 0 Å². The molecular formula is C19H20. The molecule has 96 valence electrons. The number of benzene rings is 3. The first kappa shape index (κ1) is 12.2. The molecule has 3 aromatic rings. The summed E-state index contributed by atoms with van der Waals surface area (Å²) >= 11 is 0. The number of aryl methyl sites for hydroxylation is 2. The third-order valence-corrected chi connectivity index (χ3v) is 3.88. The molecule has 19 heavy (non-hydrogen) atoms. The third kappa shape index (κ3) is 2.23. The molecule has 0 radical (unpaired) electrons. The highest BCUT2D eigenvalue weighted by molar-refractivity contribution is 5.99. The SMILES string of the molecule is CCCc1cc(CC)c2cc3ccccc3cc2c1. The largest absolute Gasteiger partial charge is 0.0651 e. The van der Waals surface area contributed by atoms with Gasteiger partial charge in [-0.05, 0) is 57.6 Å². The highest BCUT2D eigenvalue weighted by atomic mass is 14.1. The van der Waals surface area contributed by atoms with Crippen LogP contribution in [0.2, 0.25) is 0 Å². The van der Waals surface area contributed by atoms with Crippen molar-refractivity contribution in [2.75, 3.05) is 0 Å². The van der Waals surface area contributed by atoms with Crippen molar-refractivity contribution in [3.8, 4) is 0 Å². The van der Waals surface area contributed by atoms with E-state index in [2.05, 4.69) is 62.4 Å². The topological polar surface area (TPSA) is 0 Å². The number of hydrogen-bond acceptors (Lipinski definition) is 0. The molecule has 3 aromatic carbocycles. The standard InChI is InChI=1S/C19H20/c1-3-7-14-10-15(4-2)19-13-17-9-6-5-8-16(17)12-18(19)11-14/h5-6,8-13H,3-4,7H2,1-2H3. The molecule has 0 spiro atoms. The van der Waals surface area contributed by atoms with Crippen LogP contribution >= 0.6 is 0 Å². The van der Waals surface area contributed by atoms with Gasteiger partial charge in [0, 0.05) is 0 Å². The second-order valence-corrected chi connectivity index (χ2v) is 5.28. The van der Waals surface area contributed by atoms with Gasteiger partial charge >= 0.3 is 0 Å². The van der Waals surface area contributed by atoms with Gasteiger partial charge in [-0.3, -0.25) is 0 Å². The van der Waals surface area contributed by atoms with Gasteiger partial charge < -0.3 is 0 Å². The zero-order chi connectivity index (χ0) is 13.2. The molecule has 3 rings (SSSR count). The molecule has 0 fully saturated rings. The Hall–Kier alpha value is -1.82. The minimum atomic E-state index is 1.10. The first-order valence-electron chi connectivity index (χ1n) is 7.26. The van der Waals surface area contributed by atoms with Crippen molar-refractivity contribution < 1.29 is 0 Å². The predicted molar refractivity (Wildman–Crippen MR) is 84.8 cm³/mol. The molecule has 0 heteroatoms. The van der Waals surface area contributed by atoms with Gasteiger partial charge in [0.1, 0.15) is 0 Å². The van der Waals surface area contributed by atoms with Crippen molar-refractivity contribution in [2.45, 2.75) is 33.1 Å². The second kappa shape index (κ2) is 5.05. The van der Waals surface area contributed by atoms with Crippen molar-refractivity contribution in [1.82, 2.24) is 0 Å². The lowest BCUT2D eigenvalue weighted by Gasteiger charge is -2.10. The van der Waals surface area contributed by atoms with E-state index < -0.39 is 0 Å². The van der Waals surface area contributed by atoms with E-state index in [-0.39, 0.29) is 0 Å². The fraction of sp³-hybridized carbons (Fsp3) is 0.263. The Kier molecular flexibility index (Phi) is 3.25. The molecule has 0 bridgehead atoms. The van der Waals surface area contributed by atoms with E-state index >= 15 is 0 Å². The summed E-state index contributed by atoms with van der Waals surface area (Å²) in [6.45, 7) is 4.50. The highest BCUT2D eigenvalue weighted by Gasteiger charge is 2.04. The summed E-state index contributed by atoms with van der Waals surface area (Å²) in [7, 11) is 0. The Balaban J connectivity index is 2.32. The molecule has 0 N–H and O–H groups in total. The van der Waals surface area contributed by atoms with Crippen molar-refractivity contribution in [3.05, 3.63) is 59.7 Å². The van der Waals surface area contributed by atoms with Crippen molar-refractivity contribution >= 4 is 21.5 Å². The lowest BCUT2D eigenvalue weighted by Crippen LogP contribution is -1.90. The van der Waals surface area contributed by atoms with E-state index in [0.29, 0.717) is 0 Å². The molecular weight excluding hydrogens is 228 g/mol. The van der Waals surface area contributed by atoms with Crippen LogP contribution in [-0.2, 0) is 12.8 Å². The molecule has 0 unspecified atom stereocenters. The van der Waals surface area contributed by atoms with E-state index in [1.165, 1.54) is 45.5 Å². The van der Waals surface area contributed by atoms with E-state index in [1.807, 2.05) is 0 Å². The average molecular weight is 248 g/mol. The quantitative estimate of drug-likeness (QED) is 0.536. The van der Waals surface area contributed by atoms with Gasteiger partial charge in [0.15, 0.2) is 0 Å². The van der Waals surface area contributed by atoms with Crippen molar-refractivity contribution in [2.24, 2.45) is 0 Å². The smallest absolute Gasteiger partial charge is 0.0145 e. The van der Waals surface area contributed by atoms with Crippen molar-refractivity contribution in [1.29, 1.82) is 0 Å². The summed E-state index contributed by atoms with van der Waals surface area (Å²) in [6.07, 6.45) is 3.49.